The Labute approximate surface area is 220 Å². The van der Waals surface area contributed by atoms with E-state index in [9.17, 15) is 17.9 Å². The number of hydrogen-bond acceptors (Lipinski definition) is 8. The van der Waals surface area contributed by atoms with Crippen molar-refractivity contribution in [3.63, 3.8) is 0 Å². The average Bonchev–Trinajstić information content (AvgIpc) is 2.86. The lowest BCUT2D eigenvalue weighted by molar-refractivity contribution is 0.162. The van der Waals surface area contributed by atoms with Gasteiger partial charge in [0.25, 0.3) is 10.0 Å². The SMILES string of the molecule is COc1ccc(F)c(-c2ccc(C(O)NS(=O)(=O)c3cccc(N)n3)c(Oc3c(C)cc(C)cc3C)n2)c1. The van der Waals surface area contributed by atoms with Crippen LogP contribution in [0.5, 0.6) is 17.4 Å². The zero-order valence-electron chi connectivity index (χ0n) is 21.2. The number of methoxy groups -OCH3 is 1. The van der Waals surface area contributed by atoms with Gasteiger partial charge in [-0.1, -0.05) is 23.8 Å². The molecule has 1 unspecified atom stereocenters. The number of aliphatic hydroxyl groups excluding tert-OH is 1. The lowest BCUT2D eigenvalue weighted by Crippen LogP contribution is -2.29. The number of aryl methyl sites for hydroxylation is 3. The lowest BCUT2D eigenvalue weighted by atomic mass is 10.1. The van der Waals surface area contributed by atoms with E-state index >= 15 is 0 Å². The highest BCUT2D eigenvalue weighted by molar-refractivity contribution is 7.89. The molecule has 1 atom stereocenters. The molecule has 0 radical (unpaired) electrons. The van der Waals surface area contributed by atoms with Crippen LogP contribution in [0.4, 0.5) is 10.2 Å². The molecule has 38 heavy (non-hydrogen) atoms. The van der Waals surface area contributed by atoms with Crippen molar-refractivity contribution in [3.05, 3.63) is 88.7 Å². The molecule has 0 aliphatic carbocycles. The molecule has 0 amide bonds. The fraction of sp³-hybridized carbons (Fsp3) is 0.185. The highest BCUT2D eigenvalue weighted by Crippen LogP contribution is 2.35. The lowest BCUT2D eigenvalue weighted by Gasteiger charge is -2.19. The highest BCUT2D eigenvalue weighted by atomic mass is 32.2. The first-order valence-electron chi connectivity index (χ1n) is 11.5. The molecular weight excluding hydrogens is 511 g/mol. The van der Waals surface area contributed by atoms with Gasteiger partial charge in [0, 0.05) is 5.56 Å². The molecule has 4 aromatic rings. The van der Waals surface area contributed by atoms with Crippen molar-refractivity contribution in [2.75, 3.05) is 12.8 Å². The standard InChI is InChI=1S/C27H27FN4O5S/c1-15-12-16(2)25(17(3)13-15)37-27-19(26(33)32-38(34,35)24-7-5-6-23(29)31-24)9-11-22(30-27)20-14-18(36-4)8-10-21(20)28/h5-14,26,32-33H,1-4H3,(H2,29,31). The number of aliphatic hydroxyl groups is 1. The number of rotatable bonds is 8. The Balaban J connectivity index is 1.80. The Hall–Kier alpha value is -4.06. The molecule has 2 aromatic heterocycles. The van der Waals surface area contributed by atoms with E-state index in [4.69, 9.17) is 15.2 Å². The summed E-state index contributed by atoms with van der Waals surface area (Å²) in [7, 11) is -2.81. The quantitative estimate of drug-likeness (QED) is 0.278. The first kappa shape index (κ1) is 27.0. The topological polar surface area (TPSA) is 137 Å². The second-order valence-corrected chi connectivity index (χ2v) is 10.4. The van der Waals surface area contributed by atoms with Gasteiger partial charge in [-0.25, -0.2) is 22.8 Å². The van der Waals surface area contributed by atoms with Crippen LogP contribution >= 0.6 is 0 Å². The van der Waals surface area contributed by atoms with Crippen LogP contribution in [-0.2, 0) is 10.0 Å². The van der Waals surface area contributed by atoms with Gasteiger partial charge >= 0.3 is 0 Å². The third-order valence-electron chi connectivity index (χ3n) is 5.72. The van der Waals surface area contributed by atoms with Gasteiger partial charge in [-0.2, -0.15) is 4.72 Å². The Morgan fingerprint density at radius 3 is 2.37 bits per heavy atom. The summed E-state index contributed by atoms with van der Waals surface area (Å²) in [5.74, 6) is 0.231. The van der Waals surface area contributed by atoms with Crippen molar-refractivity contribution in [3.8, 4) is 28.6 Å². The summed E-state index contributed by atoms with van der Waals surface area (Å²) in [6.07, 6.45) is -1.78. The summed E-state index contributed by atoms with van der Waals surface area (Å²) >= 11 is 0. The summed E-state index contributed by atoms with van der Waals surface area (Å²) in [6, 6.07) is 15.0. The van der Waals surface area contributed by atoms with Crippen LogP contribution in [-0.4, -0.2) is 30.6 Å². The van der Waals surface area contributed by atoms with Crippen molar-refractivity contribution < 1.29 is 27.4 Å². The van der Waals surface area contributed by atoms with Gasteiger partial charge in [0.05, 0.1) is 18.4 Å². The molecule has 4 rings (SSSR count). The maximum Gasteiger partial charge on any atom is 0.260 e. The smallest absolute Gasteiger partial charge is 0.260 e. The number of sulfonamides is 1. The van der Waals surface area contributed by atoms with Crippen LogP contribution in [0.2, 0.25) is 0 Å². The number of benzene rings is 2. The molecule has 0 saturated carbocycles. The molecule has 0 spiro atoms. The molecule has 0 fully saturated rings. The van der Waals surface area contributed by atoms with Gasteiger partial charge in [0.1, 0.15) is 29.4 Å². The van der Waals surface area contributed by atoms with Crippen molar-refractivity contribution >= 4 is 15.8 Å². The number of pyridine rings is 2. The second kappa shape index (κ2) is 10.7. The molecule has 11 heteroatoms. The summed E-state index contributed by atoms with van der Waals surface area (Å²) < 4.78 is 54.0. The number of ether oxygens (including phenoxy) is 2. The maximum atomic E-state index is 14.7. The van der Waals surface area contributed by atoms with E-state index in [1.165, 1.54) is 55.6 Å². The summed E-state index contributed by atoms with van der Waals surface area (Å²) in [4.78, 5) is 8.28. The van der Waals surface area contributed by atoms with E-state index in [0.717, 1.165) is 16.7 Å². The Morgan fingerprint density at radius 2 is 1.71 bits per heavy atom. The number of nitrogens with zero attached hydrogens (tertiary/aromatic N) is 2. The van der Waals surface area contributed by atoms with E-state index < -0.39 is 22.1 Å². The van der Waals surface area contributed by atoms with Gasteiger partial charge < -0.3 is 20.3 Å². The molecule has 0 bridgehead atoms. The summed E-state index contributed by atoms with van der Waals surface area (Å²) in [5, 5.41) is 10.6. The Bertz CT molecular complexity index is 1590. The number of nitrogens with two attached hydrogens (primary N) is 1. The normalized spacial score (nSPS) is 12.3. The molecule has 0 aliphatic rings. The second-order valence-electron chi connectivity index (χ2n) is 8.69. The molecule has 198 valence electrons. The molecule has 0 saturated heterocycles. The average molecular weight is 539 g/mol. The minimum Gasteiger partial charge on any atom is -0.497 e. The van der Waals surface area contributed by atoms with Crippen LogP contribution < -0.4 is 19.9 Å². The summed E-state index contributed by atoms with van der Waals surface area (Å²) in [6.45, 7) is 5.65. The summed E-state index contributed by atoms with van der Waals surface area (Å²) in [5.41, 5.74) is 8.57. The van der Waals surface area contributed by atoms with E-state index in [-0.39, 0.29) is 33.5 Å². The minimum atomic E-state index is -4.27. The maximum absolute atomic E-state index is 14.7. The zero-order valence-corrected chi connectivity index (χ0v) is 22.0. The fourth-order valence-corrected chi connectivity index (χ4v) is 5.02. The minimum absolute atomic E-state index is 0.00282. The number of anilines is 1. The first-order chi connectivity index (χ1) is 18.0. The monoisotopic (exact) mass is 538 g/mol. The zero-order chi connectivity index (χ0) is 27.6. The van der Waals surface area contributed by atoms with Gasteiger partial charge in [0.15, 0.2) is 5.03 Å². The third kappa shape index (κ3) is 5.75. The Kier molecular flexibility index (Phi) is 7.63. The van der Waals surface area contributed by atoms with E-state index in [1.807, 2.05) is 32.9 Å². The first-order valence-corrected chi connectivity index (χ1v) is 13.0. The number of hydrogen-bond donors (Lipinski definition) is 3. The molecule has 2 aromatic carbocycles. The van der Waals surface area contributed by atoms with Crippen LogP contribution in [0.25, 0.3) is 11.3 Å². The van der Waals surface area contributed by atoms with Crippen LogP contribution in [0, 0.1) is 26.6 Å². The van der Waals surface area contributed by atoms with E-state index in [1.54, 1.807) is 0 Å². The predicted octanol–water partition coefficient (Wildman–Crippen LogP) is 4.56. The number of aromatic nitrogens is 2. The van der Waals surface area contributed by atoms with Crippen LogP contribution in [0.15, 0.2) is 65.7 Å². The van der Waals surface area contributed by atoms with Gasteiger partial charge in [-0.15, -0.1) is 0 Å². The molecule has 0 aliphatic heterocycles. The van der Waals surface area contributed by atoms with E-state index in [0.29, 0.717) is 11.5 Å². The highest BCUT2D eigenvalue weighted by Gasteiger charge is 2.26. The van der Waals surface area contributed by atoms with Gasteiger partial charge in [-0.3, -0.25) is 0 Å². The van der Waals surface area contributed by atoms with Crippen LogP contribution in [0.3, 0.4) is 0 Å². The molecule has 4 N–H and O–H groups in total. The number of nitrogen functional groups attached to an aromatic ring is 1. The third-order valence-corrected chi connectivity index (χ3v) is 7.04. The van der Waals surface area contributed by atoms with Crippen molar-refractivity contribution in [1.29, 1.82) is 0 Å². The molecule has 9 nitrogen and oxygen atoms in total. The van der Waals surface area contributed by atoms with Crippen molar-refractivity contribution in [2.24, 2.45) is 0 Å². The number of halogens is 1. The fourth-order valence-electron chi connectivity index (χ4n) is 3.99. The molecule has 2 heterocycles. The number of nitrogens with one attached hydrogen (secondary N) is 1. The van der Waals surface area contributed by atoms with Gasteiger partial charge in [-0.05, 0) is 74.4 Å². The Morgan fingerprint density at radius 1 is 1.00 bits per heavy atom. The van der Waals surface area contributed by atoms with E-state index in [2.05, 4.69) is 14.7 Å². The van der Waals surface area contributed by atoms with Crippen molar-refractivity contribution in [1.82, 2.24) is 14.7 Å². The van der Waals surface area contributed by atoms with Crippen LogP contribution in [0.1, 0.15) is 28.5 Å². The van der Waals surface area contributed by atoms with Crippen molar-refractivity contribution in [2.45, 2.75) is 32.0 Å². The predicted molar refractivity (Wildman–Crippen MR) is 141 cm³/mol. The largest absolute Gasteiger partial charge is 0.497 e. The molecular formula is C27H27FN4O5S. The van der Waals surface area contributed by atoms with Gasteiger partial charge in [0.2, 0.25) is 5.88 Å².